The summed E-state index contributed by atoms with van der Waals surface area (Å²) in [5, 5.41) is 10.1. The Labute approximate surface area is 162 Å². The first kappa shape index (κ1) is 19.0. The summed E-state index contributed by atoms with van der Waals surface area (Å²) in [6.07, 6.45) is -0.868. The summed E-state index contributed by atoms with van der Waals surface area (Å²) in [6.45, 7) is 0.216. The predicted octanol–water partition coefficient (Wildman–Crippen LogP) is 5.34. The fourth-order valence-corrected chi connectivity index (χ4v) is 2.81. The summed E-state index contributed by atoms with van der Waals surface area (Å²) >= 11 is 6.11. The van der Waals surface area contributed by atoms with Crippen molar-refractivity contribution in [2.75, 3.05) is 0 Å². The molecule has 0 aliphatic heterocycles. The van der Waals surface area contributed by atoms with Gasteiger partial charge in [0.05, 0.1) is 6.61 Å². The number of carboxylic acids is 1. The normalized spacial score (nSPS) is 11.7. The van der Waals surface area contributed by atoms with Crippen LogP contribution in [0.4, 0.5) is 0 Å². The lowest BCUT2D eigenvalue weighted by atomic mass is 10.1. The molecule has 0 spiro atoms. The van der Waals surface area contributed by atoms with Crippen LogP contribution in [0.3, 0.4) is 0 Å². The van der Waals surface area contributed by atoms with Gasteiger partial charge in [-0.2, -0.15) is 0 Å². The summed E-state index contributed by atoms with van der Waals surface area (Å²) in [5.74, 6) is 0.190. The molecule has 0 heterocycles. The Morgan fingerprint density at radius 2 is 1.63 bits per heavy atom. The highest BCUT2D eigenvalue weighted by Crippen LogP contribution is 2.29. The molecule has 3 rings (SSSR count). The molecule has 0 unspecified atom stereocenters. The zero-order valence-electron chi connectivity index (χ0n) is 14.5. The molecule has 0 aliphatic rings. The van der Waals surface area contributed by atoms with Crippen molar-refractivity contribution in [3.05, 3.63) is 95.0 Å². The molecule has 0 amide bonds. The number of para-hydroxylation sites is 1. The molecule has 0 aromatic heterocycles. The SMILES string of the molecule is O=C(O)[C@@H](Cc1cc(Cl)ccc1Oc1ccccc1)OCc1ccccc1. The Balaban J connectivity index is 1.76. The van der Waals surface area contributed by atoms with Crippen LogP contribution in [0.15, 0.2) is 78.9 Å². The quantitative estimate of drug-likeness (QED) is 0.571. The Bertz CT molecular complexity index is 881. The van der Waals surface area contributed by atoms with Crippen LogP contribution in [0.2, 0.25) is 5.02 Å². The number of carbonyl (C=O) groups is 1. The van der Waals surface area contributed by atoms with Gasteiger partial charge in [0.15, 0.2) is 6.10 Å². The maximum Gasteiger partial charge on any atom is 0.333 e. The molecule has 1 atom stereocenters. The van der Waals surface area contributed by atoms with Crippen molar-refractivity contribution >= 4 is 17.6 Å². The van der Waals surface area contributed by atoms with E-state index >= 15 is 0 Å². The largest absolute Gasteiger partial charge is 0.479 e. The minimum absolute atomic E-state index is 0.144. The lowest BCUT2D eigenvalue weighted by Crippen LogP contribution is -2.26. The molecule has 138 valence electrons. The van der Waals surface area contributed by atoms with Gasteiger partial charge < -0.3 is 14.6 Å². The van der Waals surface area contributed by atoms with E-state index in [2.05, 4.69) is 0 Å². The third kappa shape index (κ3) is 5.58. The van der Waals surface area contributed by atoms with Gasteiger partial charge in [-0.1, -0.05) is 60.1 Å². The van der Waals surface area contributed by atoms with E-state index in [9.17, 15) is 9.90 Å². The summed E-state index contributed by atoms with van der Waals surface area (Å²) in [6, 6.07) is 23.9. The summed E-state index contributed by atoms with van der Waals surface area (Å²) in [4.78, 5) is 11.7. The molecule has 0 aliphatic carbocycles. The Morgan fingerprint density at radius 1 is 0.963 bits per heavy atom. The fourth-order valence-electron chi connectivity index (χ4n) is 2.61. The van der Waals surface area contributed by atoms with Crippen molar-refractivity contribution in [2.45, 2.75) is 19.1 Å². The minimum Gasteiger partial charge on any atom is -0.479 e. The van der Waals surface area contributed by atoms with Crippen molar-refractivity contribution < 1.29 is 19.4 Å². The van der Waals surface area contributed by atoms with Gasteiger partial charge in [-0.25, -0.2) is 4.79 Å². The Morgan fingerprint density at radius 3 is 2.30 bits per heavy atom. The van der Waals surface area contributed by atoms with Gasteiger partial charge in [0, 0.05) is 11.4 Å². The van der Waals surface area contributed by atoms with Crippen molar-refractivity contribution in [2.24, 2.45) is 0 Å². The van der Waals surface area contributed by atoms with Crippen LogP contribution in [0.1, 0.15) is 11.1 Å². The molecule has 0 radical (unpaired) electrons. The molecular weight excluding hydrogens is 364 g/mol. The number of benzene rings is 3. The highest BCUT2D eigenvalue weighted by molar-refractivity contribution is 6.30. The van der Waals surface area contributed by atoms with Crippen molar-refractivity contribution in [3.8, 4) is 11.5 Å². The lowest BCUT2D eigenvalue weighted by Gasteiger charge is -2.17. The molecule has 0 saturated carbocycles. The summed E-state index contributed by atoms with van der Waals surface area (Å²) in [7, 11) is 0. The van der Waals surface area contributed by atoms with Crippen LogP contribution >= 0.6 is 11.6 Å². The Hall–Kier alpha value is -2.82. The maximum absolute atomic E-state index is 11.7. The van der Waals surface area contributed by atoms with E-state index in [1.165, 1.54) is 0 Å². The first-order valence-electron chi connectivity index (χ1n) is 8.51. The standard InChI is InChI=1S/C22H19ClO4/c23-18-11-12-20(27-19-9-5-2-6-10-19)17(13-18)14-21(22(24)25)26-15-16-7-3-1-4-8-16/h1-13,21H,14-15H2,(H,24,25)/t21-/m1/s1. The maximum atomic E-state index is 11.7. The molecule has 0 bridgehead atoms. The van der Waals surface area contributed by atoms with E-state index < -0.39 is 12.1 Å². The number of hydrogen-bond donors (Lipinski definition) is 1. The van der Waals surface area contributed by atoms with Crippen LogP contribution in [-0.4, -0.2) is 17.2 Å². The zero-order chi connectivity index (χ0) is 19.1. The van der Waals surface area contributed by atoms with Crippen molar-refractivity contribution in [1.29, 1.82) is 0 Å². The molecule has 1 N–H and O–H groups in total. The third-order valence-corrected chi connectivity index (χ3v) is 4.20. The molecule has 5 heteroatoms. The second-order valence-corrected chi connectivity index (χ2v) is 6.43. The van der Waals surface area contributed by atoms with E-state index in [1.54, 1.807) is 18.2 Å². The zero-order valence-corrected chi connectivity index (χ0v) is 15.3. The van der Waals surface area contributed by atoms with Gasteiger partial charge >= 0.3 is 5.97 Å². The molecule has 3 aromatic rings. The molecule has 0 fully saturated rings. The Kier molecular flexibility index (Phi) is 6.47. The minimum atomic E-state index is -1.03. The van der Waals surface area contributed by atoms with E-state index in [-0.39, 0.29) is 13.0 Å². The summed E-state index contributed by atoms with van der Waals surface area (Å²) < 4.78 is 11.5. The van der Waals surface area contributed by atoms with E-state index in [4.69, 9.17) is 21.1 Å². The third-order valence-electron chi connectivity index (χ3n) is 3.97. The highest BCUT2D eigenvalue weighted by atomic mass is 35.5. The average molecular weight is 383 g/mol. The smallest absolute Gasteiger partial charge is 0.333 e. The predicted molar refractivity (Wildman–Crippen MR) is 104 cm³/mol. The monoisotopic (exact) mass is 382 g/mol. The molecular formula is C22H19ClO4. The van der Waals surface area contributed by atoms with E-state index in [0.717, 1.165) is 5.56 Å². The van der Waals surface area contributed by atoms with Crippen molar-refractivity contribution in [1.82, 2.24) is 0 Å². The second-order valence-electron chi connectivity index (χ2n) is 5.99. The molecule has 27 heavy (non-hydrogen) atoms. The van der Waals surface area contributed by atoms with Gasteiger partial charge in [0.25, 0.3) is 0 Å². The van der Waals surface area contributed by atoms with Gasteiger partial charge in [0.2, 0.25) is 0 Å². The first-order chi connectivity index (χ1) is 13.1. The van der Waals surface area contributed by atoms with Gasteiger partial charge in [-0.05, 0) is 41.5 Å². The van der Waals surface area contributed by atoms with Crippen LogP contribution in [0.25, 0.3) is 0 Å². The molecule has 0 saturated heterocycles. The van der Waals surface area contributed by atoms with Crippen LogP contribution in [-0.2, 0) is 22.6 Å². The number of carboxylic acid groups (broad SMARTS) is 1. The average Bonchev–Trinajstić information content (AvgIpc) is 2.68. The summed E-state index contributed by atoms with van der Waals surface area (Å²) in [5.41, 5.74) is 1.59. The number of halogens is 1. The van der Waals surface area contributed by atoms with Crippen LogP contribution in [0.5, 0.6) is 11.5 Å². The lowest BCUT2D eigenvalue weighted by molar-refractivity contribution is -0.151. The van der Waals surface area contributed by atoms with Crippen molar-refractivity contribution in [3.63, 3.8) is 0 Å². The number of ether oxygens (including phenoxy) is 2. The van der Waals surface area contributed by atoms with Gasteiger partial charge in [-0.3, -0.25) is 0 Å². The topological polar surface area (TPSA) is 55.8 Å². The van der Waals surface area contributed by atoms with E-state index in [1.807, 2.05) is 60.7 Å². The van der Waals surface area contributed by atoms with E-state index in [0.29, 0.717) is 22.1 Å². The number of rotatable bonds is 8. The second kappa shape index (κ2) is 9.21. The van der Waals surface area contributed by atoms with Crippen LogP contribution < -0.4 is 4.74 Å². The number of hydrogen-bond acceptors (Lipinski definition) is 3. The first-order valence-corrected chi connectivity index (χ1v) is 8.89. The molecule has 3 aromatic carbocycles. The molecule has 4 nitrogen and oxygen atoms in total. The number of aliphatic carboxylic acids is 1. The van der Waals surface area contributed by atoms with Gasteiger partial charge in [-0.15, -0.1) is 0 Å². The fraction of sp³-hybridized carbons (Fsp3) is 0.136. The van der Waals surface area contributed by atoms with Gasteiger partial charge in [0.1, 0.15) is 11.5 Å². The highest BCUT2D eigenvalue weighted by Gasteiger charge is 2.21. The van der Waals surface area contributed by atoms with Crippen LogP contribution in [0, 0.1) is 0 Å².